The number of nitrogens with zero attached hydrogens (tertiary/aromatic N) is 1. The van der Waals surface area contributed by atoms with Gasteiger partial charge >= 0.3 is 0 Å². The van der Waals surface area contributed by atoms with Crippen molar-refractivity contribution in [3.05, 3.63) is 65.7 Å². The van der Waals surface area contributed by atoms with Crippen LogP contribution in [-0.2, 0) is 16.0 Å². The first-order chi connectivity index (χ1) is 14.2. The minimum atomic E-state index is -0.144. The molecular formula is C23H29N3O3. The number of carbonyl (C=O) groups excluding carboxylic acids is 1. The fraction of sp³-hybridized carbons (Fsp3) is 0.435. The maximum Gasteiger partial charge on any atom is 0.229 e. The highest BCUT2D eigenvalue weighted by molar-refractivity contribution is 5.80. The van der Waals surface area contributed by atoms with E-state index in [0.717, 1.165) is 24.2 Å². The van der Waals surface area contributed by atoms with Crippen molar-refractivity contribution in [3.8, 4) is 5.75 Å². The van der Waals surface area contributed by atoms with Crippen LogP contribution in [0, 0.1) is 5.92 Å². The molecule has 2 heterocycles. The van der Waals surface area contributed by atoms with Gasteiger partial charge < -0.3 is 14.4 Å². The molecule has 0 saturated carbocycles. The molecule has 0 bridgehead atoms. The van der Waals surface area contributed by atoms with Crippen molar-refractivity contribution in [2.24, 2.45) is 5.92 Å². The Morgan fingerprint density at radius 2 is 2.07 bits per heavy atom. The standard InChI is InChI=1S/C23H29N3O3/c1-28-19-9-5-8-18(14-19)22-21(15-24-25-22)23(27)26-12-13-29-20(16-26)11-10-17-6-3-2-4-7-17/h2-9,14,20-22,24-25H,10-13,15-16H2,1H3. The van der Waals surface area contributed by atoms with Crippen molar-refractivity contribution in [2.75, 3.05) is 33.4 Å². The van der Waals surface area contributed by atoms with Gasteiger partial charge in [0.2, 0.25) is 5.91 Å². The molecule has 2 aromatic rings. The highest BCUT2D eigenvalue weighted by Gasteiger charge is 2.38. The summed E-state index contributed by atoms with van der Waals surface area (Å²) >= 11 is 0. The number of aryl methyl sites for hydroxylation is 1. The number of hydrazine groups is 1. The number of hydrogen-bond acceptors (Lipinski definition) is 5. The summed E-state index contributed by atoms with van der Waals surface area (Å²) in [6, 6.07) is 18.3. The summed E-state index contributed by atoms with van der Waals surface area (Å²) in [6.45, 7) is 2.53. The van der Waals surface area contributed by atoms with Crippen LogP contribution < -0.4 is 15.6 Å². The van der Waals surface area contributed by atoms with Crippen molar-refractivity contribution in [3.63, 3.8) is 0 Å². The van der Waals surface area contributed by atoms with Gasteiger partial charge in [0.15, 0.2) is 0 Å². The molecule has 1 amide bonds. The van der Waals surface area contributed by atoms with Crippen LogP contribution >= 0.6 is 0 Å². The third kappa shape index (κ3) is 4.78. The number of methoxy groups -OCH3 is 1. The molecule has 2 N–H and O–H groups in total. The monoisotopic (exact) mass is 395 g/mol. The molecule has 0 radical (unpaired) electrons. The first-order valence-electron chi connectivity index (χ1n) is 10.3. The van der Waals surface area contributed by atoms with Crippen LogP contribution in [0.15, 0.2) is 54.6 Å². The summed E-state index contributed by atoms with van der Waals surface area (Å²) in [5, 5.41) is 0. The van der Waals surface area contributed by atoms with Gasteiger partial charge in [0.1, 0.15) is 5.75 Å². The molecular weight excluding hydrogens is 366 g/mol. The summed E-state index contributed by atoms with van der Waals surface area (Å²) in [5.74, 6) is 0.841. The Labute approximate surface area is 172 Å². The highest BCUT2D eigenvalue weighted by Crippen LogP contribution is 2.29. The fourth-order valence-corrected chi connectivity index (χ4v) is 4.18. The van der Waals surface area contributed by atoms with Crippen LogP contribution in [-0.4, -0.2) is 50.3 Å². The van der Waals surface area contributed by atoms with Gasteiger partial charge in [-0.1, -0.05) is 42.5 Å². The lowest BCUT2D eigenvalue weighted by Crippen LogP contribution is -2.49. The fourth-order valence-electron chi connectivity index (χ4n) is 4.18. The predicted octanol–water partition coefficient (Wildman–Crippen LogP) is 2.32. The van der Waals surface area contributed by atoms with E-state index >= 15 is 0 Å². The molecule has 0 spiro atoms. The molecule has 0 aromatic heterocycles. The highest BCUT2D eigenvalue weighted by atomic mass is 16.5. The van der Waals surface area contributed by atoms with Gasteiger partial charge in [-0.25, -0.2) is 5.43 Å². The average molecular weight is 396 g/mol. The number of hydrogen-bond donors (Lipinski definition) is 2. The summed E-state index contributed by atoms with van der Waals surface area (Å²) in [6.07, 6.45) is 1.98. The molecule has 6 heteroatoms. The number of morpholine rings is 1. The second-order valence-electron chi connectivity index (χ2n) is 7.69. The molecule has 2 aliphatic heterocycles. The Hall–Kier alpha value is -2.41. The van der Waals surface area contributed by atoms with E-state index in [9.17, 15) is 4.79 Å². The van der Waals surface area contributed by atoms with Crippen molar-refractivity contribution >= 4 is 5.91 Å². The third-order valence-electron chi connectivity index (χ3n) is 5.80. The van der Waals surface area contributed by atoms with Crippen LogP contribution in [0.4, 0.5) is 0 Å². The zero-order valence-corrected chi connectivity index (χ0v) is 16.8. The average Bonchev–Trinajstić information content (AvgIpc) is 3.28. The van der Waals surface area contributed by atoms with E-state index in [-0.39, 0.29) is 24.0 Å². The van der Waals surface area contributed by atoms with E-state index in [0.29, 0.717) is 26.2 Å². The zero-order valence-electron chi connectivity index (χ0n) is 16.8. The topological polar surface area (TPSA) is 62.8 Å². The van der Waals surface area contributed by atoms with Crippen molar-refractivity contribution < 1.29 is 14.3 Å². The minimum Gasteiger partial charge on any atom is -0.497 e. The molecule has 3 unspecified atom stereocenters. The Morgan fingerprint density at radius 1 is 1.21 bits per heavy atom. The van der Waals surface area contributed by atoms with Crippen LogP contribution in [0.1, 0.15) is 23.6 Å². The molecule has 6 nitrogen and oxygen atoms in total. The quantitative estimate of drug-likeness (QED) is 0.786. The van der Waals surface area contributed by atoms with Gasteiger partial charge in [0, 0.05) is 19.6 Å². The van der Waals surface area contributed by atoms with Crippen molar-refractivity contribution in [1.29, 1.82) is 0 Å². The number of ether oxygens (including phenoxy) is 2. The van der Waals surface area contributed by atoms with Gasteiger partial charge in [-0.15, -0.1) is 0 Å². The summed E-state index contributed by atoms with van der Waals surface area (Å²) < 4.78 is 11.3. The van der Waals surface area contributed by atoms with Gasteiger partial charge in [0.25, 0.3) is 0 Å². The normalized spacial score (nSPS) is 24.4. The van der Waals surface area contributed by atoms with Gasteiger partial charge in [0.05, 0.1) is 31.8 Å². The lowest BCUT2D eigenvalue weighted by Gasteiger charge is -2.35. The first kappa shape index (κ1) is 19.9. The van der Waals surface area contributed by atoms with Crippen LogP contribution in [0.25, 0.3) is 0 Å². The number of nitrogens with one attached hydrogen (secondary N) is 2. The molecule has 2 saturated heterocycles. The second-order valence-corrected chi connectivity index (χ2v) is 7.69. The molecule has 2 aliphatic rings. The molecule has 3 atom stereocenters. The van der Waals surface area contributed by atoms with Crippen LogP contribution in [0.3, 0.4) is 0 Å². The first-order valence-corrected chi connectivity index (χ1v) is 10.3. The van der Waals surface area contributed by atoms with E-state index in [1.54, 1.807) is 7.11 Å². The summed E-state index contributed by atoms with van der Waals surface area (Å²) in [4.78, 5) is 15.3. The molecule has 4 rings (SSSR count). The third-order valence-corrected chi connectivity index (χ3v) is 5.80. The Morgan fingerprint density at radius 3 is 2.90 bits per heavy atom. The number of amides is 1. The molecule has 0 aliphatic carbocycles. The maximum atomic E-state index is 13.3. The SMILES string of the molecule is COc1cccc(C2NNCC2C(=O)N2CCOC(CCc3ccccc3)C2)c1. The van der Waals surface area contributed by atoms with Crippen LogP contribution in [0.2, 0.25) is 0 Å². The zero-order chi connectivity index (χ0) is 20.1. The van der Waals surface area contributed by atoms with Crippen molar-refractivity contribution in [2.45, 2.75) is 25.0 Å². The molecule has 29 heavy (non-hydrogen) atoms. The lowest BCUT2D eigenvalue weighted by atomic mass is 9.93. The summed E-state index contributed by atoms with van der Waals surface area (Å²) in [7, 11) is 1.66. The van der Waals surface area contributed by atoms with E-state index in [2.05, 4.69) is 35.1 Å². The number of rotatable bonds is 6. The Bertz CT molecular complexity index is 814. The van der Waals surface area contributed by atoms with E-state index in [1.165, 1.54) is 5.56 Å². The van der Waals surface area contributed by atoms with E-state index < -0.39 is 0 Å². The van der Waals surface area contributed by atoms with Crippen molar-refractivity contribution in [1.82, 2.24) is 15.8 Å². The summed E-state index contributed by atoms with van der Waals surface area (Å²) in [5.41, 5.74) is 8.80. The van der Waals surface area contributed by atoms with E-state index in [1.807, 2.05) is 35.2 Å². The molecule has 2 aromatic carbocycles. The van der Waals surface area contributed by atoms with Gasteiger partial charge in [-0.2, -0.15) is 0 Å². The molecule has 154 valence electrons. The Balaban J connectivity index is 1.38. The second kappa shape index (κ2) is 9.39. The van der Waals surface area contributed by atoms with Gasteiger partial charge in [-0.3, -0.25) is 10.2 Å². The molecule has 2 fully saturated rings. The maximum absolute atomic E-state index is 13.3. The Kier molecular flexibility index (Phi) is 6.44. The predicted molar refractivity (Wildman–Crippen MR) is 111 cm³/mol. The van der Waals surface area contributed by atoms with Crippen LogP contribution in [0.5, 0.6) is 5.75 Å². The number of carbonyl (C=O) groups is 1. The lowest BCUT2D eigenvalue weighted by molar-refractivity contribution is -0.143. The minimum absolute atomic E-state index is 0.0665. The smallest absolute Gasteiger partial charge is 0.229 e. The largest absolute Gasteiger partial charge is 0.497 e. The van der Waals surface area contributed by atoms with Gasteiger partial charge in [-0.05, 0) is 36.1 Å². The number of benzene rings is 2. The van der Waals surface area contributed by atoms with E-state index in [4.69, 9.17) is 9.47 Å².